The van der Waals surface area contributed by atoms with E-state index in [2.05, 4.69) is 10.6 Å². The zero-order valence-corrected chi connectivity index (χ0v) is 19.1. The lowest BCUT2D eigenvalue weighted by atomic mass is 9.70. The quantitative estimate of drug-likeness (QED) is 0.365. The first kappa shape index (κ1) is 22.7. The van der Waals surface area contributed by atoms with Crippen LogP contribution in [0.2, 0.25) is 0 Å². The highest BCUT2D eigenvalue weighted by atomic mass is 16.6. The van der Waals surface area contributed by atoms with E-state index in [1.54, 1.807) is 24.3 Å². The van der Waals surface area contributed by atoms with E-state index in [1.165, 1.54) is 4.90 Å². The number of hydrogen-bond acceptors (Lipinski definition) is 7. The lowest BCUT2D eigenvalue weighted by Gasteiger charge is -2.38. The number of anilines is 1. The monoisotopic (exact) mass is 478 g/mol. The van der Waals surface area contributed by atoms with Crippen molar-refractivity contribution in [2.75, 3.05) is 5.32 Å². The molecule has 1 unspecified atom stereocenters. The normalized spacial score (nSPS) is 18.6. The molecule has 2 aliphatic heterocycles. The number of nitriles is 1. The van der Waals surface area contributed by atoms with E-state index in [4.69, 9.17) is 5.73 Å². The molecule has 0 bridgehead atoms. The Morgan fingerprint density at radius 3 is 2.25 bits per heavy atom. The summed E-state index contributed by atoms with van der Waals surface area (Å²) in [5.74, 6) is -0.640. The molecule has 178 valence electrons. The Balaban J connectivity index is 1.76. The smallest absolute Gasteiger partial charge is 0.311 e. The zero-order chi connectivity index (χ0) is 25.3. The number of amides is 1. The van der Waals surface area contributed by atoms with Crippen molar-refractivity contribution in [3.05, 3.63) is 135 Å². The molecule has 1 amide bonds. The van der Waals surface area contributed by atoms with Crippen molar-refractivity contribution in [1.29, 1.82) is 5.26 Å². The van der Waals surface area contributed by atoms with Gasteiger partial charge in [0.15, 0.2) is 5.82 Å². The number of rotatable bonds is 6. The van der Waals surface area contributed by atoms with Crippen LogP contribution in [-0.2, 0) is 23.3 Å². The van der Waals surface area contributed by atoms with E-state index in [9.17, 15) is 20.2 Å². The molecule has 3 aromatic carbocycles. The predicted octanol–water partition coefficient (Wildman–Crippen LogP) is 3.32. The summed E-state index contributed by atoms with van der Waals surface area (Å²) in [6.45, 7) is 0.402. The average molecular weight is 479 g/mol. The molecule has 2 heterocycles. The fourth-order valence-electron chi connectivity index (χ4n) is 4.87. The van der Waals surface area contributed by atoms with E-state index < -0.39 is 21.9 Å². The Bertz CT molecular complexity index is 1460. The number of nitrogens with one attached hydrogen (secondary N) is 2. The van der Waals surface area contributed by atoms with Gasteiger partial charge in [0.2, 0.25) is 5.41 Å². The summed E-state index contributed by atoms with van der Waals surface area (Å²) in [6.07, 6.45) is 0. The van der Waals surface area contributed by atoms with Gasteiger partial charge in [0.25, 0.3) is 5.91 Å². The highest BCUT2D eigenvalue weighted by molar-refractivity contribution is 6.11. The molecule has 3 aromatic rings. The van der Waals surface area contributed by atoms with Crippen molar-refractivity contribution in [2.24, 2.45) is 5.73 Å². The Morgan fingerprint density at radius 1 is 1.00 bits per heavy atom. The average Bonchev–Trinajstić information content (AvgIpc) is 3.17. The molecule has 0 radical (unpaired) electrons. The van der Waals surface area contributed by atoms with Crippen LogP contribution in [0, 0.1) is 21.4 Å². The number of nitrogens with zero attached hydrogens (tertiary/aromatic N) is 3. The summed E-state index contributed by atoms with van der Waals surface area (Å²) in [5.41, 5.74) is 6.39. The van der Waals surface area contributed by atoms with Gasteiger partial charge >= 0.3 is 5.70 Å². The van der Waals surface area contributed by atoms with Gasteiger partial charge in [-0.2, -0.15) is 5.26 Å². The lowest BCUT2D eigenvalue weighted by Crippen LogP contribution is -2.51. The van der Waals surface area contributed by atoms with Crippen molar-refractivity contribution >= 4 is 11.6 Å². The van der Waals surface area contributed by atoms with Gasteiger partial charge in [0.1, 0.15) is 17.5 Å². The standard InChI is InChI=1S/C27H22N6O3/c28-15-21-24(29)32(17-19-11-5-2-6-12-19)25(30-16-18-9-3-1-4-10-18)23(33(35)36)27(21)20-13-7-8-14-22(20)31-26(27)34/h1-14,30H,16-17,29H2,(H,31,34). The van der Waals surface area contributed by atoms with E-state index in [1.807, 2.05) is 66.7 Å². The van der Waals surface area contributed by atoms with Crippen molar-refractivity contribution < 1.29 is 9.72 Å². The molecular formula is C27H22N6O3. The number of carbonyl (C=O) groups is 1. The van der Waals surface area contributed by atoms with Crippen LogP contribution in [0.4, 0.5) is 5.69 Å². The first-order valence-electron chi connectivity index (χ1n) is 11.3. The van der Waals surface area contributed by atoms with Crippen LogP contribution in [0.15, 0.2) is 108 Å². The number of para-hydroxylation sites is 1. The van der Waals surface area contributed by atoms with E-state index in [0.29, 0.717) is 11.3 Å². The summed E-state index contributed by atoms with van der Waals surface area (Å²) in [5, 5.41) is 28.9. The van der Waals surface area contributed by atoms with Crippen LogP contribution < -0.4 is 16.4 Å². The van der Waals surface area contributed by atoms with Crippen LogP contribution in [0.3, 0.4) is 0 Å². The molecule has 0 saturated carbocycles. The minimum atomic E-state index is -1.99. The molecule has 0 saturated heterocycles. The van der Waals surface area contributed by atoms with Crippen molar-refractivity contribution in [3.8, 4) is 6.07 Å². The van der Waals surface area contributed by atoms with Crippen molar-refractivity contribution in [2.45, 2.75) is 18.5 Å². The van der Waals surface area contributed by atoms with Gasteiger partial charge in [-0.3, -0.25) is 14.9 Å². The largest absolute Gasteiger partial charge is 0.384 e. The molecule has 5 rings (SSSR count). The first-order chi connectivity index (χ1) is 17.5. The number of benzene rings is 3. The molecule has 4 N–H and O–H groups in total. The summed E-state index contributed by atoms with van der Waals surface area (Å²) in [4.78, 5) is 27.3. The maximum Gasteiger partial charge on any atom is 0.311 e. The summed E-state index contributed by atoms with van der Waals surface area (Å²) < 4.78 is 0. The molecule has 1 spiro atoms. The number of hydrogen-bond donors (Lipinski definition) is 3. The highest BCUT2D eigenvalue weighted by Gasteiger charge is 2.64. The molecule has 0 fully saturated rings. The maximum absolute atomic E-state index is 13.6. The minimum absolute atomic E-state index is 0.0191. The van der Waals surface area contributed by atoms with Gasteiger partial charge in [0, 0.05) is 17.8 Å². The second-order valence-corrected chi connectivity index (χ2v) is 8.49. The summed E-state index contributed by atoms with van der Waals surface area (Å²) >= 11 is 0. The minimum Gasteiger partial charge on any atom is -0.384 e. The first-order valence-corrected chi connectivity index (χ1v) is 11.3. The second-order valence-electron chi connectivity index (χ2n) is 8.49. The molecule has 36 heavy (non-hydrogen) atoms. The van der Waals surface area contributed by atoms with Gasteiger partial charge in [-0.25, -0.2) is 0 Å². The van der Waals surface area contributed by atoms with Crippen LogP contribution in [0.1, 0.15) is 16.7 Å². The van der Waals surface area contributed by atoms with E-state index in [-0.39, 0.29) is 30.3 Å². The van der Waals surface area contributed by atoms with Gasteiger partial charge in [-0.1, -0.05) is 78.9 Å². The fourth-order valence-corrected chi connectivity index (χ4v) is 4.87. The van der Waals surface area contributed by atoms with Crippen LogP contribution in [-0.4, -0.2) is 15.7 Å². The lowest BCUT2D eigenvalue weighted by molar-refractivity contribution is -0.435. The van der Waals surface area contributed by atoms with Crippen molar-refractivity contribution in [3.63, 3.8) is 0 Å². The number of fused-ring (bicyclic) bond motifs is 2. The number of carbonyl (C=O) groups excluding carboxylic acids is 1. The van der Waals surface area contributed by atoms with Gasteiger partial charge in [-0.15, -0.1) is 0 Å². The fraction of sp³-hybridized carbons (Fsp3) is 0.111. The maximum atomic E-state index is 13.6. The van der Waals surface area contributed by atoms with Crippen molar-refractivity contribution in [1.82, 2.24) is 10.2 Å². The third-order valence-corrected chi connectivity index (χ3v) is 6.47. The molecule has 0 aliphatic carbocycles. The summed E-state index contributed by atoms with van der Waals surface area (Å²) in [6, 6.07) is 27.4. The molecule has 9 nitrogen and oxygen atoms in total. The number of nitro groups is 1. The third kappa shape index (κ3) is 3.44. The molecule has 2 aliphatic rings. The van der Waals surface area contributed by atoms with Crippen LogP contribution in [0.25, 0.3) is 0 Å². The van der Waals surface area contributed by atoms with Crippen LogP contribution in [0.5, 0.6) is 0 Å². The number of nitrogens with two attached hydrogens (primary N) is 1. The van der Waals surface area contributed by atoms with Crippen LogP contribution >= 0.6 is 0 Å². The molecular weight excluding hydrogens is 456 g/mol. The summed E-state index contributed by atoms with van der Waals surface area (Å²) in [7, 11) is 0. The Hall–Kier alpha value is -5.10. The third-order valence-electron chi connectivity index (χ3n) is 6.47. The molecule has 0 aromatic heterocycles. The SMILES string of the molecule is N#CC1=C(N)N(Cc2ccccc2)C(NCc2ccccc2)=C([N+](=O)[O-])C12C(=O)Nc1ccccc12. The van der Waals surface area contributed by atoms with E-state index in [0.717, 1.165) is 11.1 Å². The van der Waals surface area contributed by atoms with E-state index >= 15 is 0 Å². The van der Waals surface area contributed by atoms with Gasteiger partial charge in [0.05, 0.1) is 11.5 Å². The van der Waals surface area contributed by atoms with Gasteiger partial charge in [-0.05, 0) is 17.2 Å². The topological polar surface area (TPSA) is 137 Å². The highest BCUT2D eigenvalue weighted by Crippen LogP contribution is 2.52. The predicted molar refractivity (Wildman–Crippen MR) is 133 cm³/mol. The second kappa shape index (κ2) is 8.92. The molecule has 9 heteroatoms. The molecule has 1 atom stereocenters. The Morgan fingerprint density at radius 2 is 1.61 bits per heavy atom. The Labute approximate surface area is 207 Å². The van der Waals surface area contributed by atoms with Gasteiger partial charge < -0.3 is 21.3 Å². The Kier molecular flexibility index (Phi) is 5.62. The zero-order valence-electron chi connectivity index (χ0n) is 19.1.